The van der Waals surface area contributed by atoms with Crippen LogP contribution >= 0.6 is 15.9 Å². The molecule has 6 heteroatoms. The molecule has 1 atom stereocenters. The average Bonchev–Trinajstić information content (AvgIpc) is 2.41. The van der Waals surface area contributed by atoms with Crippen molar-refractivity contribution in [2.75, 3.05) is 18.8 Å². The number of nitrogen functional groups attached to an aromatic ring is 1. The molecule has 1 heterocycles. The Kier molecular flexibility index (Phi) is 4.09. The minimum atomic E-state index is -0.847. The van der Waals surface area contributed by atoms with E-state index in [0.29, 0.717) is 30.6 Å². The number of benzene rings is 1. The van der Waals surface area contributed by atoms with Gasteiger partial charge in [-0.05, 0) is 31.0 Å². The number of anilines is 1. The SMILES string of the molecule is Nc1ccc(Br)cc1C(=O)N1CCCC(C(=O)O)C1. The maximum Gasteiger partial charge on any atom is 0.308 e. The van der Waals surface area contributed by atoms with Crippen LogP contribution in [0.2, 0.25) is 0 Å². The number of piperidine rings is 1. The van der Waals surface area contributed by atoms with Crippen LogP contribution in [0.25, 0.3) is 0 Å². The zero-order chi connectivity index (χ0) is 14.0. The summed E-state index contributed by atoms with van der Waals surface area (Å²) in [6.45, 7) is 0.828. The second kappa shape index (κ2) is 5.61. The van der Waals surface area contributed by atoms with Crippen molar-refractivity contribution in [1.82, 2.24) is 4.90 Å². The molecular weight excluding hydrogens is 312 g/mol. The molecule has 1 aliphatic heterocycles. The van der Waals surface area contributed by atoms with Crippen LogP contribution in [0.3, 0.4) is 0 Å². The minimum absolute atomic E-state index is 0.204. The number of carboxylic acid groups (broad SMARTS) is 1. The van der Waals surface area contributed by atoms with E-state index < -0.39 is 11.9 Å². The Balaban J connectivity index is 2.19. The Morgan fingerprint density at radius 1 is 1.42 bits per heavy atom. The molecule has 3 N–H and O–H groups in total. The maximum atomic E-state index is 12.4. The molecule has 1 unspecified atom stereocenters. The van der Waals surface area contributed by atoms with Crippen molar-refractivity contribution in [2.24, 2.45) is 5.92 Å². The molecule has 0 saturated carbocycles. The van der Waals surface area contributed by atoms with Gasteiger partial charge in [0, 0.05) is 23.2 Å². The largest absolute Gasteiger partial charge is 0.481 e. The second-order valence-electron chi connectivity index (χ2n) is 4.66. The fourth-order valence-electron chi connectivity index (χ4n) is 2.25. The molecule has 0 spiro atoms. The fraction of sp³-hybridized carbons (Fsp3) is 0.385. The van der Waals surface area contributed by atoms with Gasteiger partial charge in [0.05, 0.1) is 11.5 Å². The van der Waals surface area contributed by atoms with E-state index in [9.17, 15) is 9.59 Å². The van der Waals surface area contributed by atoms with Gasteiger partial charge in [0.1, 0.15) is 0 Å². The van der Waals surface area contributed by atoms with Crippen molar-refractivity contribution < 1.29 is 14.7 Å². The molecule has 1 aliphatic rings. The molecule has 0 radical (unpaired) electrons. The minimum Gasteiger partial charge on any atom is -0.481 e. The van der Waals surface area contributed by atoms with E-state index in [0.717, 1.165) is 4.47 Å². The second-order valence-corrected chi connectivity index (χ2v) is 5.58. The molecule has 5 nitrogen and oxygen atoms in total. The normalized spacial score (nSPS) is 19.2. The predicted molar refractivity (Wildman–Crippen MR) is 74.8 cm³/mol. The summed E-state index contributed by atoms with van der Waals surface area (Å²) < 4.78 is 0.775. The first-order chi connectivity index (χ1) is 8.99. The first-order valence-corrected chi connectivity index (χ1v) is 6.85. The van der Waals surface area contributed by atoms with Gasteiger partial charge in [0.15, 0.2) is 0 Å². The van der Waals surface area contributed by atoms with E-state index in [-0.39, 0.29) is 12.5 Å². The van der Waals surface area contributed by atoms with Gasteiger partial charge in [-0.15, -0.1) is 0 Å². The topological polar surface area (TPSA) is 83.6 Å². The fourth-order valence-corrected chi connectivity index (χ4v) is 2.61. The number of hydrogen-bond acceptors (Lipinski definition) is 3. The van der Waals surface area contributed by atoms with Crippen LogP contribution in [0, 0.1) is 5.92 Å². The number of likely N-dealkylation sites (tertiary alicyclic amines) is 1. The summed E-state index contributed by atoms with van der Waals surface area (Å²) in [6.07, 6.45) is 1.32. The third-order valence-electron chi connectivity index (χ3n) is 3.30. The Morgan fingerprint density at radius 2 is 2.16 bits per heavy atom. The molecule has 102 valence electrons. The quantitative estimate of drug-likeness (QED) is 0.814. The molecular formula is C13H15BrN2O3. The van der Waals surface area contributed by atoms with Crippen molar-refractivity contribution in [1.29, 1.82) is 0 Å². The summed E-state index contributed by atoms with van der Waals surface area (Å²) in [5.74, 6) is -1.53. The van der Waals surface area contributed by atoms with Crippen LogP contribution in [0.5, 0.6) is 0 Å². The Hall–Kier alpha value is -1.56. The predicted octanol–water partition coefficient (Wildman–Crippen LogP) is 1.97. The van der Waals surface area contributed by atoms with Gasteiger partial charge in [0.2, 0.25) is 0 Å². The standard InChI is InChI=1S/C13H15BrN2O3/c14-9-3-4-11(15)10(6-9)12(17)16-5-1-2-8(7-16)13(18)19/h3-4,6,8H,1-2,5,7,15H2,(H,18,19). The highest BCUT2D eigenvalue weighted by molar-refractivity contribution is 9.10. The number of carbonyl (C=O) groups is 2. The van der Waals surface area contributed by atoms with Gasteiger partial charge in [-0.3, -0.25) is 9.59 Å². The lowest BCUT2D eigenvalue weighted by Crippen LogP contribution is -2.42. The molecule has 1 saturated heterocycles. The van der Waals surface area contributed by atoms with Crippen LogP contribution < -0.4 is 5.73 Å². The smallest absolute Gasteiger partial charge is 0.308 e. The highest BCUT2D eigenvalue weighted by Crippen LogP contribution is 2.23. The van der Waals surface area contributed by atoms with Gasteiger partial charge >= 0.3 is 5.97 Å². The third-order valence-corrected chi connectivity index (χ3v) is 3.80. The van der Waals surface area contributed by atoms with Gasteiger partial charge in [0.25, 0.3) is 5.91 Å². The highest BCUT2D eigenvalue weighted by atomic mass is 79.9. The summed E-state index contributed by atoms with van der Waals surface area (Å²) in [5.41, 5.74) is 6.63. The summed E-state index contributed by atoms with van der Waals surface area (Å²) >= 11 is 3.30. The Bertz CT molecular complexity index is 519. The molecule has 0 aromatic heterocycles. The maximum absolute atomic E-state index is 12.4. The molecule has 1 fully saturated rings. The van der Waals surface area contributed by atoms with Crippen LogP contribution in [-0.2, 0) is 4.79 Å². The summed E-state index contributed by atoms with van der Waals surface area (Å²) in [4.78, 5) is 25.0. The van der Waals surface area contributed by atoms with E-state index in [2.05, 4.69) is 15.9 Å². The van der Waals surface area contributed by atoms with E-state index >= 15 is 0 Å². The summed E-state index contributed by atoms with van der Waals surface area (Å²) in [6, 6.07) is 5.10. The van der Waals surface area contributed by atoms with Gasteiger partial charge in [-0.25, -0.2) is 0 Å². The number of hydrogen-bond donors (Lipinski definition) is 2. The van der Waals surface area contributed by atoms with E-state index in [1.54, 1.807) is 23.1 Å². The van der Waals surface area contributed by atoms with E-state index in [1.165, 1.54) is 0 Å². The molecule has 19 heavy (non-hydrogen) atoms. The highest BCUT2D eigenvalue weighted by Gasteiger charge is 2.29. The number of carbonyl (C=O) groups excluding carboxylic acids is 1. The van der Waals surface area contributed by atoms with E-state index in [1.807, 2.05) is 0 Å². The molecule has 1 aromatic carbocycles. The van der Waals surface area contributed by atoms with Crippen LogP contribution in [0.15, 0.2) is 22.7 Å². The number of halogens is 1. The van der Waals surface area contributed by atoms with Crippen LogP contribution in [0.1, 0.15) is 23.2 Å². The number of nitrogens with two attached hydrogens (primary N) is 1. The number of aliphatic carboxylic acids is 1. The lowest BCUT2D eigenvalue weighted by molar-refractivity contribution is -0.143. The Labute approximate surface area is 119 Å². The van der Waals surface area contributed by atoms with Crippen molar-refractivity contribution in [3.05, 3.63) is 28.2 Å². The number of nitrogens with zero attached hydrogens (tertiary/aromatic N) is 1. The first kappa shape index (κ1) is 13.9. The third kappa shape index (κ3) is 3.07. The molecule has 1 aromatic rings. The first-order valence-electron chi connectivity index (χ1n) is 6.06. The van der Waals surface area contributed by atoms with Gasteiger partial charge in [-0.2, -0.15) is 0 Å². The van der Waals surface area contributed by atoms with Gasteiger partial charge < -0.3 is 15.7 Å². The average molecular weight is 327 g/mol. The van der Waals surface area contributed by atoms with Crippen LogP contribution in [-0.4, -0.2) is 35.0 Å². The lowest BCUT2D eigenvalue weighted by Gasteiger charge is -2.31. The van der Waals surface area contributed by atoms with Crippen molar-refractivity contribution in [3.8, 4) is 0 Å². The van der Waals surface area contributed by atoms with Gasteiger partial charge in [-0.1, -0.05) is 15.9 Å². The number of amides is 1. The Morgan fingerprint density at radius 3 is 2.84 bits per heavy atom. The number of rotatable bonds is 2. The van der Waals surface area contributed by atoms with Crippen molar-refractivity contribution in [2.45, 2.75) is 12.8 Å². The summed E-state index contributed by atoms with van der Waals surface area (Å²) in [5, 5.41) is 9.04. The van der Waals surface area contributed by atoms with Crippen molar-refractivity contribution >= 4 is 33.5 Å². The zero-order valence-electron chi connectivity index (χ0n) is 10.3. The lowest BCUT2D eigenvalue weighted by atomic mass is 9.97. The zero-order valence-corrected chi connectivity index (χ0v) is 11.9. The molecule has 0 bridgehead atoms. The molecule has 0 aliphatic carbocycles. The molecule has 1 amide bonds. The monoisotopic (exact) mass is 326 g/mol. The van der Waals surface area contributed by atoms with E-state index in [4.69, 9.17) is 10.8 Å². The van der Waals surface area contributed by atoms with Crippen LogP contribution in [0.4, 0.5) is 5.69 Å². The molecule has 2 rings (SSSR count). The summed E-state index contributed by atoms with van der Waals surface area (Å²) in [7, 11) is 0. The number of carboxylic acids is 1. The van der Waals surface area contributed by atoms with Crippen molar-refractivity contribution in [3.63, 3.8) is 0 Å².